The number of ether oxygens (including phenoxy) is 1. The average molecular weight is 308 g/mol. The quantitative estimate of drug-likeness (QED) is 0.852. The number of pyridine rings is 1. The SMILES string of the molecule is Cc1ccc(F)cc1S(=O)(=O)N1CCOc2ncccc21. The monoisotopic (exact) mass is 308 g/mol. The number of anilines is 1. The van der Waals surface area contributed by atoms with E-state index in [9.17, 15) is 12.8 Å². The molecule has 0 bridgehead atoms. The largest absolute Gasteiger partial charge is 0.474 e. The van der Waals surface area contributed by atoms with Crippen LogP contribution in [0.3, 0.4) is 0 Å². The number of hydrogen-bond donors (Lipinski definition) is 0. The van der Waals surface area contributed by atoms with Crippen molar-refractivity contribution in [3.8, 4) is 5.88 Å². The number of aryl methyl sites for hydroxylation is 1. The molecule has 0 fully saturated rings. The van der Waals surface area contributed by atoms with Gasteiger partial charge in [-0.25, -0.2) is 17.8 Å². The van der Waals surface area contributed by atoms with Crippen molar-refractivity contribution in [1.29, 1.82) is 0 Å². The summed E-state index contributed by atoms with van der Waals surface area (Å²) in [5.41, 5.74) is 0.862. The lowest BCUT2D eigenvalue weighted by molar-refractivity contribution is 0.303. The Morgan fingerprint density at radius 1 is 1.33 bits per heavy atom. The highest BCUT2D eigenvalue weighted by atomic mass is 32.2. The molecular weight excluding hydrogens is 295 g/mol. The summed E-state index contributed by atoms with van der Waals surface area (Å²) >= 11 is 0. The van der Waals surface area contributed by atoms with Gasteiger partial charge in [0, 0.05) is 6.20 Å². The number of nitrogens with zero attached hydrogens (tertiary/aromatic N) is 2. The second-order valence-corrected chi connectivity index (χ2v) is 6.49. The first kappa shape index (κ1) is 13.8. The molecule has 2 heterocycles. The van der Waals surface area contributed by atoms with E-state index in [0.29, 0.717) is 11.3 Å². The zero-order valence-electron chi connectivity index (χ0n) is 11.3. The van der Waals surface area contributed by atoms with Gasteiger partial charge in [0.2, 0.25) is 5.88 Å². The molecule has 0 amide bonds. The Morgan fingerprint density at radius 2 is 2.14 bits per heavy atom. The first-order valence-electron chi connectivity index (χ1n) is 6.37. The lowest BCUT2D eigenvalue weighted by atomic mass is 10.2. The van der Waals surface area contributed by atoms with Crippen molar-refractivity contribution in [2.45, 2.75) is 11.8 Å². The number of rotatable bonds is 2. The van der Waals surface area contributed by atoms with E-state index in [1.807, 2.05) is 0 Å². The van der Waals surface area contributed by atoms with Crippen molar-refractivity contribution in [3.05, 3.63) is 47.9 Å². The molecule has 1 aliphatic heterocycles. The molecule has 0 saturated carbocycles. The second kappa shape index (κ2) is 5.00. The highest BCUT2D eigenvalue weighted by molar-refractivity contribution is 7.92. The first-order valence-corrected chi connectivity index (χ1v) is 7.81. The molecule has 5 nitrogen and oxygen atoms in total. The van der Waals surface area contributed by atoms with Crippen molar-refractivity contribution in [2.24, 2.45) is 0 Å². The van der Waals surface area contributed by atoms with Crippen LogP contribution in [-0.4, -0.2) is 26.6 Å². The number of fused-ring (bicyclic) bond motifs is 1. The molecule has 2 aromatic rings. The smallest absolute Gasteiger partial charge is 0.264 e. The molecule has 110 valence electrons. The molecule has 0 unspecified atom stereocenters. The Bertz CT molecular complexity index is 793. The van der Waals surface area contributed by atoms with Gasteiger partial charge in [0.25, 0.3) is 10.0 Å². The molecule has 0 spiro atoms. The number of halogens is 1. The highest BCUT2D eigenvalue weighted by Crippen LogP contribution is 2.33. The fraction of sp³-hybridized carbons (Fsp3) is 0.214. The van der Waals surface area contributed by atoms with E-state index in [4.69, 9.17) is 4.74 Å². The Hall–Kier alpha value is -2.15. The third-order valence-corrected chi connectivity index (χ3v) is 5.23. The van der Waals surface area contributed by atoms with Crippen LogP contribution in [-0.2, 0) is 10.0 Å². The van der Waals surface area contributed by atoms with Crippen LogP contribution in [0.4, 0.5) is 10.1 Å². The molecular formula is C14H13FN2O3S. The molecule has 21 heavy (non-hydrogen) atoms. The number of sulfonamides is 1. The van der Waals surface area contributed by atoms with Gasteiger partial charge in [-0.05, 0) is 36.8 Å². The maximum absolute atomic E-state index is 13.4. The Morgan fingerprint density at radius 3 is 2.95 bits per heavy atom. The van der Waals surface area contributed by atoms with Gasteiger partial charge in [-0.2, -0.15) is 0 Å². The molecule has 0 atom stereocenters. The third-order valence-electron chi connectivity index (χ3n) is 3.27. The van der Waals surface area contributed by atoms with Crippen LogP contribution in [0.15, 0.2) is 41.4 Å². The Kier molecular flexibility index (Phi) is 3.29. The van der Waals surface area contributed by atoms with E-state index < -0.39 is 15.8 Å². The van der Waals surface area contributed by atoms with Crippen molar-refractivity contribution < 1.29 is 17.5 Å². The zero-order chi connectivity index (χ0) is 15.0. The molecule has 0 radical (unpaired) electrons. The van der Waals surface area contributed by atoms with Crippen molar-refractivity contribution in [1.82, 2.24) is 4.98 Å². The van der Waals surface area contributed by atoms with Crippen LogP contribution >= 0.6 is 0 Å². The lowest BCUT2D eigenvalue weighted by Crippen LogP contribution is -2.38. The molecule has 3 rings (SSSR count). The summed E-state index contributed by atoms with van der Waals surface area (Å²) in [4.78, 5) is 3.97. The maximum atomic E-state index is 13.4. The normalized spacial score (nSPS) is 14.5. The molecule has 1 aromatic heterocycles. The molecule has 7 heteroatoms. The van der Waals surface area contributed by atoms with Gasteiger partial charge < -0.3 is 4.74 Å². The van der Waals surface area contributed by atoms with Crippen LogP contribution in [0.25, 0.3) is 0 Å². The van der Waals surface area contributed by atoms with Crippen LogP contribution in [0.2, 0.25) is 0 Å². The van der Waals surface area contributed by atoms with E-state index >= 15 is 0 Å². The summed E-state index contributed by atoms with van der Waals surface area (Å²) in [6, 6.07) is 6.98. The van der Waals surface area contributed by atoms with Gasteiger partial charge >= 0.3 is 0 Å². The number of benzene rings is 1. The van der Waals surface area contributed by atoms with E-state index in [0.717, 1.165) is 6.07 Å². The van der Waals surface area contributed by atoms with Gasteiger partial charge in [0.15, 0.2) is 0 Å². The van der Waals surface area contributed by atoms with E-state index in [1.165, 1.54) is 22.6 Å². The molecule has 0 N–H and O–H groups in total. The fourth-order valence-electron chi connectivity index (χ4n) is 2.25. The van der Waals surface area contributed by atoms with Crippen LogP contribution < -0.4 is 9.04 Å². The predicted molar refractivity (Wildman–Crippen MR) is 75.4 cm³/mol. The Labute approximate surface area is 122 Å². The minimum atomic E-state index is -3.86. The second-order valence-electron chi connectivity index (χ2n) is 4.66. The van der Waals surface area contributed by atoms with Gasteiger partial charge in [-0.15, -0.1) is 0 Å². The molecule has 0 saturated heterocycles. The predicted octanol–water partition coefficient (Wildman–Crippen LogP) is 2.12. The van der Waals surface area contributed by atoms with Crippen LogP contribution in [0, 0.1) is 12.7 Å². The summed E-state index contributed by atoms with van der Waals surface area (Å²) in [6.45, 7) is 2.01. The van der Waals surface area contributed by atoms with E-state index in [1.54, 1.807) is 19.1 Å². The molecule has 0 aliphatic carbocycles. The van der Waals surface area contributed by atoms with Gasteiger partial charge in [-0.1, -0.05) is 6.07 Å². The lowest BCUT2D eigenvalue weighted by Gasteiger charge is -2.29. The third kappa shape index (κ3) is 2.33. The van der Waals surface area contributed by atoms with Crippen molar-refractivity contribution >= 4 is 15.7 Å². The fourth-order valence-corrected chi connectivity index (χ4v) is 3.94. The first-order chi connectivity index (χ1) is 10.00. The standard InChI is InChI=1S/C14H13FN2O3S/c1-10-4-5-11(15)9-13(10)21(18,19)17-7-8-20-14-12(17)3-2-6-16-14/h2-6,9H,7-8H2,1H3. The summed E-state index contributed by atoms with van der Waals surface area (Å²) in [5.74, 6) is -0.319. The number of hydrogen-bond acceptors (Lipinski definition) is 4. The van der Waals surface area contributed by atoms with Gasteiger partial charge in [0.1, 0.15) is 18.1 Å². The van der Waals surface area contributed by atoms with Crippen molar-refractivity contribution in [3.63, 3.8) is 0 Å². The summed E-state index contributed by atoms with van der Waals surface area (Å²) in [5, 5.41) is 0. The van der Waals surface area contributed by atoms with Crippen LogP contribution in [0.1, 0.15) is 5.56 Å². The minimum Gasteiger partial charge on any atom is -0.474 e. The topological polar surface area (TPSA) is 59.5 Å². The molecule has 1 aromatic carbocycles. The maximum Gasteiger partial charge on any atom is 0.264 e. The zero-order valence-corrected chi connectivity index (χ0v) is 12.1. The Balaban J connectivity index is 2.14. The number of aromatic nitrogens is 1. The summed E-state index contributed by atoms with van der Waals surface area (Å²) < 4.78 is 45.6. The van der Waals surface area contributed by atoms with Crippen LogP contribution in [0.5, 0.6) is 5.88 Å². The van der Waals surface area contributed by atoms with Crippen molar-refractivity contribution in [2.75, 3.05) is 17.5 Å². The highest BCUT2D eigenvalue weighted by Gasteiger charge is 2.31. The average Bonchev–Trinajstić information content (AvgIpc) is 2.49. The summed E-state index contributed by atoms with van der Waals surface area (Å²) in [6.07, 6.45) is 1.53. The van der Waals surface area contributed by atoms with E-state index in [2.05, 4.69) is 4.98 Å². The molecule has 1 aliphatic rings. The van der Waals surface area contributed by atoms with E-state index in [-0.39, 0.29) is 23.9 Å². The van der Waals surface area contributed by atoms with Gasteiger partial charge in [-0.3, -0.25) is 4.31 Å². The summed E-state index contributed by atoms with van der Waals surface area (Å²) in [7, 11) is -3.86. The van der Waals surface area contributed by atoms with Gasteiger partial charge in [0.05, 0.1) is 11.4 Å². The minimum absolute atomic E-state index is 0.0424.